The fourth-order valence-electron chi connectivity index (χ4n) is 8.53. The zero-order chi connectivity index (χ0) is 37.3. The lowest BCUT2D eigenvalue weighted by Gasteiger charge is -2.41. The smallest absolute Gasteiger partial charge is 0.227 e. The number of hydrogen-bond donors (Lipinski definition) is 0. The van der Waals surface area contributed by atoms with Gasteiger partial charge in [-0.15, -0.1) is 0 Å². The lowest BCUT2D eigenvalue weighted by atomic mass is 10.0. The van der Waals surface area contributed by atoms with Crippen molar-refractivity contribution in [3.8, 4) is 22.9 Å². The summed E-state index contributed by atoms with van der Waals surface area (Å²) in [5, 5.41) is 0. The second-order valence-electron chi connectivity index (χ2n) is 13.9. The standard InChI is InChI=1S/C48H36N6O2/c1-3-51-33-23-11-15-27-37(33)53(38-28-16-12-24-34(38)51)43-41-46(56-47(49-41)31-19-7-5-8-20-31)44(42-45(43)55-48(50-42)32-21-9-6-10-22-32)54-39-29-17-13-25-35(39)52(4-2)36-26-14-18-30-40(36)54/h5-30H,3-4H2,1-2H3. The van der Waals surface area contributed by atoms with Crippen LogP contribution >= 0.6 is 0 Å². The first-order valence-corrected chi connectivity index (χ1v) is 19.1. The average Bonchev–Trinajstić information content (AvgIpc) is 3.91. The maximum absolute atomic E-state index is 7.11. The number of hydrogen-bond acceptors (Lipinski definition) is 8. The summed E-state index contributed by atoms with van der Waals surface area (Å²) in [5.74, 6) is 1.03. The molecule has 2 aliphatic heterocycles. The molecule has 0 bridgehead atoms. The first-order valence-electron chi connectivity index (χ1n) is 19.1. The molecule has 7 aromatic carbocycles. The van der Waals surface area contributed by atoms with Gasteiger partial charge < -0.3 is 28.4 Å². The Hall–Kier alpha value is -7.32. The SMILES string of the molecule is CCN1c2ccccc2N(c2c3nc(-c4ccccc4)oc3c(N3c4ccccc4N(CC)c4ccccc43)c3nc(-c4ccccc4)oc23)c2ccccc21. The lowest BCUT2D eigenvalue weighted by molar-refractivity contribution is 0.618. The maximum atomic E-state index is 7.11. The van der Waals surface area contributed by atoms with E-state index in [-0.39, 0.29) is 0 Å². The molecule has 0 amide bonds. The summed E-state index contributed by atoms with van der Waals surface area (Å²) < 4.78 is 14.2. The Bertz CT molecular complexity index is 2590. The molecule has 8 nitrogen and oxygen atoms in total. The number of anilines is 10. The van der Waals surface area contributed by atoms with Crippen molar-refractivity contribution in [2.75, 3.05) is 32.7 Å². The van der Waals surface area contributed by atoms with E-state index < -0.39 is 0 Å². The third-order valence-corrected chi connectivity index (χ3v) is 10.9. The van der Waals surface area contributed by atoms with E-state index in [9.17, 15) is 0 Å². The number of nitrogens with zero attached hydrogens (tertiary/aromatic N) is 6. The number of benzene rings is 7. The quantitative estimate of drug-likeness (QED) is 0.168. The molecule has 56 heavy (non-hydrogen) atoms. The highest BCUT2D eigenvalue weighted by Crippen LogP contribution is 2.59. The third-order valence-electron chi connectivity index (χ3n) is 10.9. The van der Waals surface area contributed by atoms with Crippen LogP contribution in [0.3, 0.4) is 0 Å². The van der Waals surface area contributed by atoms with Crippen molar-refractivity contribution in [2.24, 2.45) is 0 Å². The van der Waals surface area contributed by atoms with Crippen molar-refractivity contribution in [3.63, 3.8) is 0 Å². The number of aromatic nitrogens is 2. The fourth-order valence-corrected chi connectivity index (χ4v) is 8.53. The fraction of sp³-hybridized carbons (Fsp3) is 0.0833. The molecule has 0 radical (unpaired) electrons. The van der Waals surface area contributed by atoms with Crippen molar-refractivity contribution in [1.82, 2.24) is 9.97 Å². The molecule has 270 valence electrons. The normalized spacial score (nSPS) is 13.2. The van der Waals surface area contributed by atoms with Gasteiger partial charge in [0, 0.05) is 24.2 Å². The molecular weight excluding hydrogens is 693 g/mol. The zero-order valence-corrected chi connectivity index (χ0v) is 30.9. The molecule has 0 aliphatic carbocycles. The zero-order valence-electron chi connectivity index (χ0n) is 30.9. The van der Waals surface area contributed by atoms with E-state index in [4.69, 9.17) is 18.8 Å². The lowest BCUT2D eigenvalue weighted by Crippen LogP contribution is -2.28. The van der Waals surface area contributed by atoms with Crippen molar-refractivity contribution in [1.29, 1.82) is 0 Å². The molecule has 0 saturated carbocycles. The molecule has 0 N–H and O–H groups in total. The number of rotatable bonds is 6. The van der Waals surface area contributed by atoms with E-state index >= 15 is 0 Å². The maximum Gasteiger partial charge on any atom is 0.227 e. The van der Waals surface area contributed by atoms with Gasteiger partial charge in [0.15, 0.2) is 11.2 Å². The minimum Gasteiger partial charge on any atom is -0.434 e. The Labute approximate surface area is 324 Å². The molecule has 0 unspecified atom stereocenters. The second kappa shape index (κ2) is 12.6. The summed E-state index contributed by atoms with van der Waals surface area (Å²) in [4.78, 5) is 20.2. The highest BCUT2D eigenvalue weighted by molar-refractivity contribution is 6.21. The third kappa shape index (κ3) is 4.65. The Morgan fingerprint density at radius 1 is 0.375 bits per heavy atom. The predicted octanol–water partition coefficient (Wildman–Crippen LogP) is 13.2. The summed E-state index contributed by atoms with van der Waals surface area (Å²) in [5.41, 5.74) is 14.3. The molecule has 9 aromatic rings. The van der Waals surface area contributed by atoms with Gasteiger partial charge in [0.2, 0.25) is 11.8 Å². The van der Waals surface area contributed by atoms with E-state index in [0.29, 0.717) is 34.0 Å². The van der Waals surface area contributed by atoms with E-state index in [1.54, 1.807) is 0 Å². The van der Waals surface area contributed by atoms with E-state index in [0.717, 1.165) is 81.1 Å². The molecule has 2 aromatic heterocycles. The van der Waals surface area contributed by atoms with Gasteiger partial charge in [0.05, 0.1) is 45.5 Å². The van der Waals surface area contributed by atoms with Gasteiger partial charge in [-0.3, -0.25) is 0 Å². The van der Waals surface area contributed by atoms with Gasteiger partial charge in [-0.1, -0.05) is 84.9 Å². The van der Waals surface area contributed by atoms with Gasteiger partial charge in [-0.05, 0) is 86.6 Å². The summed E-state index contributed by atoms with van der Waals surface area (Å²) >= 11 is 0. The van der Waals surface area contributed by atoms with Crippen LogP contribution in [0.4, 0.5) is 56.9 Å². The van der Waals surface area contributed by atoms with E-state index in [2.05, 4.69) is 131 Å². The topological polar surface area (TPSA) is 65.0 Å². The second-order valence-corrected chi connectivity index (χ2v) is 13.9. The van der Waals surface area contributed by atoms with Crippen LogP contribution in [0, 0.1) is 0 Å². The van der Waals surface area contributed by atoms with Crippen molar-refractivity contribution >= 4 is 79.1 Å². The Morgan fingerprint density at radius 3 is 0.964 bits per heavy atom. The van der Waals surface area contributed by atoms with E-state index in [1.165, 1.54) is 0 Å². The van der Waals surface area contributed by atoms with Crippen LogP contribution in [0.1, 0.15) is 13.8 Å². The number of para-hydroxylation sites is 8. The van der Waals surface area contributed by atoms with E-state index in [1.807, 2.05) is 60.7 Å². The molecular formula is C48H36N6O2. The number of fused-ring (bicyclic) bond motifs is 6. The molecule has 2 aliphatic rings. The monoisotopic (exact) mass is 728 g/mol. The summed E-state index contributed by atoms with van der Waals surface area (Å²) in [6.45, 7) is 5.98. The van der Waals surface area contributed by atoms with Crippen LogP contribution in [-0.2, 0) is 0 Å². The van der Waals surface area contributed by atoms with Crippen LogP contribution in [0.15, 0.2) is 167 Å². The average molecular weight is 729 g/mol. The number of oxazole rings is 2. The Balaban J connectivity index is 1.32. The van der Waals surface area contributed by atoms with Crippen LogP contribution in [-0.4, -0.2) is 23.1 Å². The van der Waals surface area contributed by atoms with Crippen molar-refractivity contribution in [3.05, 3.63) is 158 Å². The first kappa shape index (κ1) is 32.1. The van der Waals surface area contributed by atoms with Gasteiger partial charge in [-0.2, -0.15) is 0 Å². The van der Waals surface area contributed by atoms with Gasteiger partial charge in [0.1, 0.15) is 22.4 Å². The Kier molecular flexibility index (Phi) is 7.25. The largest absolute Gasteiger partial charge is 0.434 e. The molecule has 0 atom stereocenters. The summed E-state index contributed by atoms with van der Waals surface area (Å²) in [6, 6.07) is 54.3. The highest BCUT2D eigenvalue weighted by atomic mass is 16.4. The van der Waals surface area contributed by atoms with Crippen LogP contribution in [0.25, 0.3) is 45.1 Å². The minimum atomic E-state index is 0.515. The molecule has 4 heterocycles. The summed E-state index contributed by atoms with van der Waals surface area (Å²) in [6.07, 6.45) is 0. The molecule has 11 rings (SSSR count). The predicted molar refractivity (Wildman–Crippen MR) is 227 cm³/mol. The van der Waals surface area contributed by atoms with Gasteiger partial charge >= 0.3 is 0 Å². The van der Waals surface area contributed by atoms with Crippen molar-refractivity contribution in [2.45, 2.75) is 13.8 Å². The van der Waals surface area contributed by atoms with Crippen LogP contribution in [0.2, 0.25) is 0 Å². The van der Waals surface area contributed by atoms with Crippen molar-refractivity contribution < 1.29 is 8.83 Å². The minimum absolute atomic E-state index is 0.515. The molecule has 0 saturated heterocycles. The van der Waals surface area contributed by atoms with Crippen LogP contribution < -0.4 is 19.6 Å². The summed E-state index contributed by atoms with van der Waals surface area (Å²) in [7, 11) is 0. The Morgan fingerprint density at radius 2 is 0.661 bits per heavy atom. The van der Waals surface area contributed by atoms with Gasteiger partial charge in [0.25, 0.3) is 0 Å². The highest BCUT2D eigenvalue weighted by Gasteiger charge is 2.38. The first-order chi connectivity index (χ1) is 27.7. The van der Waals surface area contributed by atoms with Crippen LogP contribution in [0.5, 0.6) is 0 Å². The molecule has 0 fully saturated rings. The van der Waals surface area contributed by atoms with Gasteiger partial charge in [-0.25, -0.2) is 9.97 Å². The molecule has 8 heteroatoms. The molecule has 0 spiro atoms.